The van der Waals surface area contributed by atoms with Gasteiger partial charge in [0.2, 0.25) is 11.3 Å². The van der Waals surface area contributed by atoms with Crippen LogP contribution in [0.3, 0.4) is 0 Å². The first-order chi connectivity index (χ1) is 20.6. The smallest absolute Gasteiger partial charge is 0.414 e. The Balaban J connectivity index is 1.12. The number of carboxylic acids is 1. The van der Waals surface area contributed by atoms with Crippen LogP contribution in [0.25, 0.3) is 10.9 Å². The van der Waals surface area contributed by atoms with Crippen molar-refractivity contribution < 1.29 is 37.7 Å². The zero-order valence-corrected chi connectivity index (χ0v) is 23.3. The van der Waals surface area contributed by atoms with E-state index in [1.165, 1.54) is 30.2 Å². The molecule has 0 bridgehead atoms. The highest BCUT2D eigenvalue weighted by Gasteiger charge is 2.33. The van der Waals surface area contributed by atoms with Crippen molar-refractivity contribution in [1.29, 1.82) is 0 Å². The third kappa shape index (κ3) is 5.71. The second-order valence-electron chi connectivity index (χ2n) is 11.1. The van der Waals surface area contributed by atoms with E-state index in [9.17, 15) is 24.3 Å². The number of cyclic esters (lactones) is 1. The largest absolute Gasteiger partial charge is 0.487 e. The lowest BCUT2D eigenvalue weighted by molar-refractivity contribution is -0.119. The van der Waals surface area contributed by atoms with Crippen LogP contribution in [0.2, 0.25) is 0 Å². The Morgan fingerprint density at radius 1 is 1.07 bits per heavy atom. The summed E-state index contributed by atoms with van der Waals surface area (Å²) in [5, 5.41) is 12.1. The lowest BCUT2D eigenvalue weighted by atomic mass is 10.0. The van der Waals surface area contributed by atoms with Gasteiger partial charge in [0.25, 0.3) is 0 Å². The van der Waals surface area contributed by atoms with E-state index in [2.05, 4.69) is 5.32 Å². The molecule has 1 saturated carbocycles. The zero-order valence-electron chi connectivity index (χ0n) is 23.3. The summed E-state index contributed by atoms with van der Waals surface area (Å²) in [5.41, 5.74) is 0.0278. The Bertz CT molecular complexity index is 1680. The van der Waals surface area contributed by atoms with Gasteiger partial charge in [0, 0.05) is 56.5 Å². The summed E-state index contributed by atoms with van der Waals surface area (Å²) in [4.78, 5) is 50.9. The summed E-state index contributed by atoms with van der Waals surface area (Å²) in [6, 6.07) is 7.02. The number of aromatic nitrogens is 1. The molecule has 3 fully saturated rings. The minimum absolute atomic E-state index is 0.0316. The van der Waals surface area contributed by atoms with Gasteiger partial charge in [-0.25, -0.2) is 18.4 Å². The molecule has 1 aromatic heterocycles. The fourth-order valence-corrected chi connectivity index (χ4v) is 5.65. The number of ether oxygens (including phenoxy) is 2. The van der Waals surface area contributed by atoms with E-state index >= 15 is 8.78 Å². The van der Waals surface area contributed by atoms with Crippen LogP contribution < -0.4 is 25.3 Å². The van der Waals surface area contributed by atoms with Crippen molar-refractivity contribution >= 4 is 40.2 Å². The SMILES string of the molecule is CC(=O)NCC1CN(c2ccc(OC3CCN(c4cc5c(cc4F)c(=O)c(C(=O)O)cn5C4CC4)CC3)c(F)c2)C(=O)O1. The molecule has 0 radical (unpaired) electrons. The lowest BCUT2D eigenvalue weighted by Crippen LogP contribution is -2.39. The van der Waals surface area contributed by atoms with Gasteiger partial charge in [-0.3, -0.25) is 14.5 Å². The molecule has 2 aromatic carbocycles. The van der Waals surface area contributed by atoms with Gasteiger partial charge < -0.3 is 29.4 Å². The van der Waals surface area contributed by atoms with E-state index in [1.54, 1.807) is 16.7 Å². The molecule has 6 rings (SSSR count). The Morgan fingerprint density at radius 3 is 2.47 bits per heavy atom. The third-order valence-corrected chi connectivity index (χ3v) is 8.03. The Kier molecular flexibility index (Phi) is 7.40. The van der Waals surface area contributed by atoms with E-state index in [1.807, 2.05) is 4.90 Å². The molecule has 2 aliphatic heterocycles. The van der Waals surface area contributed by atoms with Gasteiger partial charge in [0.1, 0.15) is 23.6 Å². The monoisotopic (exact) mass is 596 g/mol. The van der Waals surface area contributed by atoms with Crippen LogP contribution >= 0.6 is 0 Å². The van der Waals surface area contributed by atoms with Gasteiger partial charge in [-0.1, -0.05) is 0 Å². The van der Waals surface area contributed by atoms with Crippen molar-refractivity contribution in [3.8, 4) is 5.75 Å². The molecule has 1 atom stereocenters. The van der Waals surface area contributed by atoms with Gasteiger partial charge in [0.15, 0.2) is 11.6 Å². The number of halogens is 2. The number of carboxylic acid groups (broad SMARTS) is 1. The molecule has 43 heavy (non-hydrogen) atoms. The molecule has 13 heteroatoms. The van der Waals surface area contributed by atoms with E-state index in [0.29, 0.717) is 42.8 Å². The van der Waals surface area contributed by atoms with Crippen LogP contribution in [-0.4, -0.2) is 66.0 Å². The first kappa shape index (κ1) is 28.4. The lowest BCUT2D eigenvalue weighted by Gasteiger charge is -2.34. The van der Waals surface area contributed by atoms with Crippen LogP contribution in [0.5, 0.6) is 5.75 Å². The second-order valence-corrected chi connectivity index (χ2v) is 11.1. The molecule has 2 amide bonds. The number of piperidine rings is 1. The number of anilines is 2. The fourth-order valence-electron chi connectivity index (χ4n) is 5.65. The maximum Gasteiger partial charge on any atom is 0.414 e. The minimum Gasteiger partial charge on any atom is -0.487 e. The summed E-state index contributed by atoms with van der Waals surface area (Å²) in [5.74, 6) is -2.81. The first-order valence-corrected chi connectivity index (χ1v) is 14.1. The highest BCUT2D eigenvalue weighted by Crippen LogP contribution is 2.38. The maximum absolute atomic E-state index is 15.3. The van der Waals surface area contributed by atoms with Crippen molar-refractivity contribution in [3.05, 3.63) is 63.9 Å². The van der Waals surface area contributed by atoms with Crippen molar-refractivity contribution in [1.82, 2.24) is 9.88 Å². The normalized spacial score (nSPS) is 19.0. The summed E-state index contributed by atoms with van der Waals surface area (Å²) >= 11 is 0. The number of hydrogen-bond acceptors (Lipinski definition) is 7. The Labute approximate surface area is 244 Å². The molecule has 2 N–H and O–H groups in total. The van der Waals surface area contributed by atoms with Gasteiger partial charge in [-0.15, -0.1) is 0 Å². The summed E-state index contributed by atoms with van der Waals surface area (Å²) in [6.45, 7) is 2.53. The van der Waals surface area contributed by atoms with Crippen LogP contribution in [0.15, 0.2) is 41.3 Å². The van der Waals surface area contributed by atoms with E-state index in [4.69, 9.17) is 9.47 Å². The molecule has 1 aliphatic carbocycles. The fraction of sp³-hybridized carbons (Fsp3) is 0.400. The summed E-state index contributed by atoms with van der Waals surface area (Å²) in [6.07, 6.45) is 2.51. The van der Waals surface area contributed by atoms with Crippen LogP contribution in [0.4, 0.5) is 25.0 Å². The zero-order chi connectivity index (χ0) is 30.4. The number of aromatic carboxylic acids is 1. The van der Waals surface area contributed by atoms with Crippen molar-refractivity contribution in [2.45, 2.75) is 50.9 Å². The number of rotatable bonds is 8. The molecule has 3 aromatic rings. The molecular weight excluding hydrogens is 566 g/mol. The average Bonchev–Trinajstić information content (AvgIpc) is 3.75. The first-order valence-electron chi connectivity index (χ1n) is 14.1. The molecule has 11 nitrogen and oxygen atoms in total. The number of carbonyl (C=O) groups excluding carboxylic acids is 2. The van der Waals surface area contributed by atoms with Crippen molar-refractivity contribution in [2.75, 3.05) is 36.0 Å². The predicted molar refractivity (Wildman–Crippen MR) is 152 cm³/mol. The van der Waals surface area contributed by atoms with Crippen LogP contribution in [0, 0.1) is 11.6 Å². The topological polar surface area (TPSA) is 130 Å². The van der Waals surface area contributed by atoms with Gasteiger partial charge in [-0.05, 0) is 37.1 Å². The van der Waals surface area contributed by atoms with Crippen LogP contribution in [0.1, 0.15) is 49.0 Å². The van der Waals surface area contributed by atoms with Gasteiger partial charge in [0.05, 0.1) is 30.0 Å². The molecule has 226 valence electrons. The Morgan fingerprint density at radius 2 is 1.81 bits per heavy atom. The molecule has 2 saturated heterocycles. The number of nitrogens with one attached hydrogen (secondary N) is 1. The standard InChI is InChI=1S/C30H30F2N4O7/c1-16(37)33-13-20-14-36(30(41)43-20)18-4-5-27(24(32)10-18)42-19-6-8-34(9-7-19)26-12-25-21(11-23(26)31)28(38)22(29(39)40)15-35(25)17-2-3-17/h4-5,10-12,15,17,19-20H,2-3,6-9,13-14H2,1H3,(H,33,37)(H,39,40). The molecular formula is C30H30F2N4O7. The summed E-state index contributed by atoms with van der Waals surface area (Å²) in [7, 11) is 0. The summed E-state index contributed by atoms with van der Waals surface area (Å²) < 4.78 is 43.2. The number of nitrogens with zero attached hydrogens (tertiary/aromatic N) is 3. The Hall–Kier alpha value is -4.68. The number of hydrogen-bond donors (Lipinski definition) is 2. The number of pyridine rings is 1. The maximum atomic E-state index is 15.3. The second kappa shape index (κ2) is 11.2. The number of fused-ring (bicyclic) bond motifs is 1. The number of amides is 2. The third-order valence-electron chi connectivity index (χ3n) is 8.03. The molecule has 1 unspecified atom stereocenters. The highest BCUT2D eigenvalue weighted by molar-refractivity contribution is 5.93. The van der Waals surface area contributed by atoms with Crippen molar-refractivity contribution in [2.24, 2.45) is 0 Å². The molecule has 3 heterocycles. The number of carbonyl (C=O) groups is 3. The predicted octanol–water partition coefficient (Wildman–Crippen LogP) is 3.82. The van der Waals surface area contributed by atoms with E-state index < -0.39 is 35.2 Å². The highest BCUT2D eigenvalue weighted by atomic mass is 19.1. The average molecular weight is 597 g/mol. The minimum atomic E-state index is -1.34. The van der Waals surface area contributed by atoms with Crippen molar-refractivity contribution in [3.63, 3.8) is 0 Å². The number of benzene rings is 2. The van der Waals surface area contributed by atoms with Gasteiger partial charge in [-0.2, -0.15) is 0 Å². The molecule has 3 aliphatic rings. The van der Waals surface area contributed by atoms with Gasteiger partial charge >= 0.3 is 12.1 Å². The van der Waals surface area contributed by atoms with E-state index in [0.717, 1.165) is 18.9 Å². The van der Waals surface area contributed by atoms with E-state index in [-0.39, 0.29) is 47.8 Å². The quantitative estimate of drug-likeness (QED) is 0.402. The molecule has 0 spiro atoms. The van der Waals surface area contributed by atoms with Crippen LogP contribution in [-0.2, 0) is 9.53 Å².